The Labute approximate surface area is 194 Å². The molecular formula is C24H31N3O6. The van der Waals surface area contributed by atoms with Crippen molar-refractivity contribution in [3.63, 3.8) is 0 Å². The van der Waals surface area contributed by atoms with Crippen molar-refractivity contribution in [3.8, 4) is 5.75 Å². The number of nitrogens with zero attached hydrogens (tertiary/aromatic N) is 1. The number of likely N-dealkylation sites (N-methyl/N-ethyl adjacent to an activating group) is 1. The van der Waals surface area contributed by atoms with Crippen LogP contribution in [0, 0.1) is 0 Å². The number of hydrogen-bond donors (Lipinski definition) is 2. The molecule has 0 fully saturated rings. The van der Waals surface area contributed by atoms with Crippen LogP contribution in [0.1, 0.15) is 36.7 Å². The summed E-state index contributed by atoms with van der Waals surface area (Å²) in [6.45, 7) is 5.24. The van der Waals surface area contributed by atoms with Gasteiger partial charge >= 0.3 is 12.1 Å². The normalized spacial score (nSPS) is 10.8. The number of nitrogens with one attached hydrogen (secondary N) is 2. The summed E-state index contributed by atoms with van der Waals surface area (Å²) >= 11 is 0. The molecule has 0 bridgehead atoms. The minimum atomic E-state index is -0.681. The van der Waals surface area contributed by atoms with Crippen LogP contribution in [0.5, 0.6) is 5.75 Å². The fourth-order valence-electron chi connectivity index (χ4n) is 2.88. The topological polar surface area (TPSA) is 106 Å². The average molecular weight is 458 g/mol. The molecule has 2 rings (SSSR count). The average Bonchev–Trinajstić information content (AvgIpc) is 2.73. The van der Waals surface area contributed by atoms with Crippen molar-refractivity contribution in [1.29, 1.82) is 0 Å². The fourth-order valence-corrected chi connectivity index (χ4v) is 2.88. The van der Waals surface area contributed by atoms with Crippen LogP contribution in [0.4, 0.5) is 21.9 Å². The number of hydrogen-bond acceptors (Lipinski definition) is 7. The molecule has 0 aliphatic heterocycles. The van der Waals surface area contributed by atoms with Gasteiger partial charge in [0.2, 0.25) is 5.91 Å². The van der Waals surface area contributed by atoms with Crippen molar-refractivity contribution in [2.24, 2.45) is 0 Å². The number of ether oxygens (including phenoxy) is 3. The van der Waals surface area contributed by atoms with Crippen LogP contribution < -0.4 is 15.4 Å². The molecule has 0 saturated heterocycles. The number of amides is 2. The molecule has 178 valence electrons. The molecule has 0 aliphatic carbocycles. The van der Waals surface area contributed by atoms with Crippen LogP contribution >= 0.6 is 0 Å². The van der Waals surface area contributed by atoms with E-state index in [4.69, 9.17) is 14.2 Å². The van der Waals surface area contributed by atoms with Crippen LogP contribution in [0.15, 0.2) is 36.4 Å². The van der Waals surface area contributed by atoms with Crippen molar-refractivity contribution in [2.45, 2.75) is 32.8 Å². The predicted octanol–water partition coefficient (Wildman–Crippen LogP) is 4.20. The van der Waals surface area contributed by atoms with Crippen molar-refractivity contribution < 1.29 is 28.6 Å². The summed E-state index contributed by atoms with van der Waals surface area (Å²) in [7, 11) is 6.20. The number of carbonyl (C=O) groups is 3. The van der Waals surface area contributed by atoms with Gasteiger partial charge < -0.3 is 24.4 Å². The van der Waals surface area contributed by atoms with Crippen molar-refractivity contribution in [1.82, 2.24) is 4.90 Å². The first-order valence-corrected chi connectivity index (χ1v) is 10.3. The Morgan fingerprint density at radius 3 is 2.18 bits per heavy atom. The number of esters is 1. The Morgan fingerprint density at radius 2 is 1.61 bits per heavy atom. The second-order valence-corrected chi connectivity index (χ2v) is 8.50. The summed E-state index contributed by atoms with van der Waals surface area (Å²) in [5, 5.41) is 5.77. The van der Waals surface area contributed by atoms with Gasteiger partial charge in [0, 0.05) is 37.1 Å². The molecule has 33 heavy (non-hydrogen) atoms. The Morgan fingerprint density at radius 1 is 0.970 bits per heavy atom. The third kappa shape index (κ3) is 7.41. The van der Waals surface area contributed by atoms with Gasteiger partial charge in [0.1, 0.15) is 11.4 Å². The molecule has 2 aromatic carbocycles. The van der Waals surface area contributed by atoms with Crippen LogP contribution in [-0.2, 0) is 20.7 Å². The van der Waals surface area contributed by atoms with E-state index in [1.54, 1.807) is 59.1 Å². The highest BCUT2D eigenvalue weighted by Gasteiger charge is 2.20. The SMILES string of the molecule is COC(=O)c1cc(Nc2ccc(CC(=O)N(C)C)c(OC)c2)ccc1NC(=O)OC(C)(C)C. The van der Waals surface area contributed by atoms with Gasteiger partial charge in [-0.25, -0.2) is 9.59 Å². The number of methoxy groups -OCH3 is 2. The summed E-state index contributed by atoms with van der Waals surface area (Å²) in [5.41, 5.74) is 1.78. The third-order valence-electron chi connectivity index (χ3n) is 4.48. The van der Waals surface area contributed by atoms with E-state index in [1.807, 2.05) is 12.1 Å². The highest BCUT2D eigenvalue weighted by atomic mass is 16.6. The number of benzene rings is 2. The lowest BCUT2D eigenvalue weighted by atomic mass is 10.1. The van der Waals surface area contributed by atoms with E-state index in [2.05, 4.69) is 10.6 Å². The minimum Gasteiger partial charge on any atom is -0.496 e. The van der Waals surface area contributed by atoms with E-state index in [-0.39, 0.29) is 23.6 Å². The molecule has 0 aliphatic rings. The maximum atomic E-state index is 12.3. The summed E-state index contributed by atoms with van der Waals surface area (Å²) in [4.78, 5) is 38.0. The first-order valence-electron chi connectivity index (χ1n) is 10.3. The molecule has 9 nitrogen and oxygen atoms in total. The molecule has 0 saturated carbocycles. The van der Waals surface area contributed by atoms with Gasteiger partial charge in [-0.05, 0) is 45.0 Å². The van der Waals surface area contributed by atoms with Crippen molar-refractivity contribution >= 4 is 35.0 Å². The van der Waals surface area contributed by atoms with Gasteiger partial charge in [-0.3, -0.25) is 10.1 Å². The summed E-state index contributed by atoms with van der Waals surface area (Å²) in [6, 6.07) is 10.2. The second kappa shape index (κ2) is 10.7. The number of carbonyl (C=O) groups excluding carboxylic acids is 3. The highest BCUT2D eigenvalue weighted by Crippen LogP contribution is 2.29. The lowest BCUT2D eigenvalue weighted by Crippen LogP contribution is -2.27. The minimum absolute atomic E-state index is 0.0372. The van der Waals surface area contributed by atoms with E-state index >= 15 is 0 Å². The second-order valence-electron chi connectivity index (χ2n) is 8.50. The maximum Gasteiger partial charge on any atom is 0.412 e. The van der Waals surface area contributed by atoms with Crippen LogP contribution in [-0.4, -0.2) is 56.8 Å². The Kier molecular flexibility index (Phi) is 8.28. The zero-order chi connectivity index (χ0) is 24.8. The third-order valence-corrected chi connectivity index (χ3v) is 4.48. The fraction of sp³-hybridized carbons (Fsp3) is 0.375. The highest BCUT2D eigenvalue weighted by molar-refractivity contribution is 6.00. The van der Waals surface area contributed by atoms with Crippen LogP contribution in [0.2, 0.25) is 0 Å². The first kappa shape index (κ1) is 25.5. The van der Waals surface area contributed by atoms with Gasteiger partial charge in [0.05, 0.1) is 31.9 Å². The summed E-state index contributed by atoms with van der Waals surface area (Å²) < 4.78 is 15.6. The van der Waals surface area contributed by atoms with Gasteiger partial charge in [-0.15, -0.1) is 0 Å². The van der Waals surface area contributed by atoms with E-state index in [0.29, 0.717) is 17.1 Å². The first-order chi connectivity index (χ1) is 15.4. The molecule has 9 heteroatoms. The Hall–Kier alpha value is -3.75. The molecule has 2 aromatic rings. The Bertz CT molecular complexity index is 1030. The maximum absolute atomic E-state index is 12.3. The standard InChI is InChI=1S/C24H31N3O6/c1-24(2,3)33-23(30)26-19-11-10-16(13-18(19)22(29)32-7)25-17-9-8-15(20(14-17)31-6)12-21(28)27(4)5/h8-11,13-14,25H,12H2,1-7H3,(H,26,30). The quantitative estimate of drug-likeness (QED) is 0.600. The molecule has 2 N–H and O–H groups in total. The molecule has 0 heterocycles. The van der Waals surface area contributed by atoms with Gasteiger partial charge in [0.25, 0.3) is 0 Å². The molecular weight excluding hydrogens is 426 g/mol. The summed E-state index contributed by atoms with van der Waals surface area (Å²) in [6.07, 6.45) is -0.463. The van der Waals surface area contributed by atoms with Crippen LogP contribution in [0.3, 0.4) is 0 Å². The largest absolute Gasteiger partial charge is 0.496 e. The zero-order valence-corrected chi connectivity index (χ0v) is 20.1. The molecule has 0 spiro atoms. The van der Waals surface area contributed by atoms with Gasteiger partial charge in [-0.2, -0.15) is 0 Å². The smallest absolute Gasteiger partial charge is 0.412 e. The van der Waals surface area contributed by atoms with Crippen molar-refractivity contribution in [2.75, 3.05) is 38.9 Å². The van der Waals surface area contributed by atoms with E-state index in [0.717, 1.165) is 5.56 Å². The molecule has 0 radical (unpaired) electrons. The number of rotatable bonds is 7. The zero-order valence-electron chi connectivity index (χ0n) is 20.1. The molecule has 0 aromatic heterocycles. The van der Waals surface area contributed by atoms with Gasteiger partial charge in [-0.1, -0.05) is 6.07 Å². The lowest BCUT2D eigenvalue weighted by molar-refractivity contribution is -0.128. The van der Waals surface area contributed by atoms with E-state index < -0.39 is 17.7 Å². The molecule has 2 amide bonds. The lowest BCUT2D eigenvalue weighted by Gasteiger charge is -2.20. The number of anilines is 3. The van der Waals surface area contributed by atoms with Crippen molar-refractivity contribution in [3.05, 3.63) is 47.5 Å². The Balaban J connectivity index is 2.28. The predicted molar refractivity (Wildman–Crippen MR) is 126 cm³/mol. The van der Waals surface area contributed by atoms with E-state index in [9.17, 15) is 14.4 Å². The van der Waals surface area contributed by atoms with Crippen LogP contribution in [0.25, 0.3) is 0 Å². The molecule has 0 unspecified atom stereocenters. The monoisotopic (exact) mass is 457 g/mol. The molecule has 0 atom stereocenters. The van der Waals surface area contributed by atoms with E-state index in [1.165, 1.54) is 19.1 Å². The summed E-state index contributed by atoms with van der Waals surface area (Å²) in [5.74, 6) is -0.0868. The van der Waals surface area contributed by atoms with Gasteiger partial charge in [0.15, 0.2) is 0 Å².